The van der Waals surface area contributed by atoms with Gasteiger partial charge in [0.15, 0.2) is 0 Å². The molecule has 2 atom stereocenters. The Balaban J connectivity index is 1.81. The minimum Gasteiger partial charge on any atom is -0.393 e. The Kier molecular flexibility index (Phi) is 2.35. The Bertz CT molecular complexity index is 157. The van der Waals surface area contributed by atoms with Gasteiger partial charge in [-0.25, -0.2) is 0 Å². The number of nitrogens with zero attached hydrogens (tertiary/aromatic N) is 1. The molecular formula is C9H18N2O. The molecule has 2 rings (SSSR count). The smallest absolute Gasteiger partial charge is 0.0552 e. The van der Waals surface area contributed by atoms with Crippen molar-refractivity contribution in [2.75, 3.05) is 26.2 Å². The summed E-state index contributed by atoms with van der Waals surface area (Å²) >= 11 is 0. The van der Waals surface area contributed by atoms with Gasteiger partial charge < -0.3 is 10.4 Å². The molecule has 2 aliphatic rings. The van der Waals surface area contributed by atoms with Crippen molar-refractivity contribution in [3.05, 3.63) is 0 Å². The van der Waals surface area contributed by atoms with E-state index in [-0.39, 0.29) is 6.10 Å². The maximum absolute atomic E-state index is 9.40. The van der Waals surface area contributed by atoms with E-state index in [9.17, 15) is 5.11 Å². The summed E-state index contributed by atoms with van der Waals surface area (Å²) in [7, 11) is 0. The van der Waals surface area contributed by atoms with Crippen molar-refractivity contribution < 1.29 is 5.11 Å². The van der Waals surface area contributed by atoms with Crippen molar-refractivity contribution >= 4 is 0 Å². The van der Waals surface area contributed by atoms with Crippen LogP contribution in [0, 0.1) is 5.92 Å². The van der Waals surface area contributed by atoms with Crippen molar-refractivity contribution in [2.45, 2.75) is 25.5 Å². The molecule has 3 heteroatoms. The van der Waals surface area contributed by atoms with E-state index in [1.165, 1.54) is 13.0 Å². The lowest BCUT2D eigenvalue weighted by atomic mass is 10.0. The van der Waals surface area contributed by atoms with Gasteiger partial charge in [0, 0.05) is 25.7 Å². The number of nitrogens with one attached hydrogen (secondary N) is 1. The SMILES string of the molecule is CC(O)C1CCN(C2CNC2)C1. The Morgan fingerprint density at radius 3 is 2.67 bits per heavy atom. The molecule has 0 bridgehead atoms. The predicted octanol–water partition coefficient (Wildman–Crippen LogP) is -0.339. The van der Waals surface area contributed by atoms with Crippen LogP contribution in [-0.4, -0.2) is 48.3 Å². The van der Waals surface area contributed by atoms with Crippen molar-refractivity contribution in [3.63, 3.8) is 0 Å². The van der Waals surface area contributed by atoms with Crippen LogP contribution in [0.1, 0.15) is 13.3 Å². The molecule has 0 aliphatic carbocycles. The molecule has 0 spiro atoms. The topological polar surface area (TPSA) is 35.5 Å². The molecule has 3 nitrogen and oxygen atoms in total. The lowest BCUT2D eigenvalue weighted by molar-refractivity contribution is 0.113. The van der Waals surface area contributed by atoms with E-state index in [2.05, 4.69) is 10.2 Å². The molecule has 2 unspecified atom stereocenters. The minimum absolute atomic E-state index is 0.122. The Morgan fingerprint density at radius 1 is 1.50 bits per heavy atom. The van der Waals surface area contributed by atoms with Crippen LogP contribution >= 0.6 is 0 Å². The molecule has 0 aromatic carbocycles. The molecule has 70 valence electrons. The van der Waals surface area contributed by atoms with Gasteiger partial charge in [0.05, 0.1) is 6.10 Å². The van der Waals surface area contributed by atoms with Crippen molar-refractivity contribution in [2.24, 2.45) is 5.92 Å². The Labute approximate surface area is 73.8 Å². The van der Waals surface area contributed by atoms with Crippen LogP contribution in [0.25, 0.3) is 0 Å². The van der Waals surface area contributed by atoms with E-state index in [1.54, 1.807) is 0 Å². The highest BCUT2D eigenvalue weighted by Gasteiger charge is 2.32. The lowest BCUT2D eigenvalue weighted by Gasteiger charge is -2.35. The second kappa shape index (κ2) is 3.32. The molecule has 12 heavy (non-hydrogen) atoms. The average Bonchev–Trinajstić information content (AvgIpc) is 2.32. The fraction of sp³-hybridized carbons (Fsp3) is 1.00. The van der Waals surface area contributed by atoms with Gasteiger partial charge in [-0.3, -0.25) is 4.90 Å². The second-order valence-electron chi connectivity index (χ2n) is 4.10. The second-order valence-corrected chi connectivity index (χ2v) is 4.10. The molecule has 2 aliphatic heterocycles. The highest BCUT2D eigenvalue weighted by Crippen LogP contribution is 2.22. The third-order valence-electron chi connectivity index (χ3n) is 3.21. The van der Waals surface area contributed by atoms with E-state index < -0.39 is 0 Å². The van der Waals surface area contributed by atoms with E-state index in [1.807, 2.05) is 6.92 Å². The van der Waals surface area contributed by atoms with Gasteiger partial charge in [0.1, 0.15) is 0 Å². The van der Waals surface area contributed by atoms with Crippen LogP contribution in [0.5, 0.6) is 0 Å². The standard InChI is InChI=1S/C9H18N2O/c1-7(12)8-2-3-11(6-8)9-4-10-5-9/h7-10,12H,2-6H2,1H3. The number of hydrogen-bond donors (Lipinski definition) is 2. The third kappa shape index (κ3) is 1.49. The first kappa shape index (κ1) is 8.48. The van der Waals surface area contributed by atoms with Crippen molar-refractivity contribution in [1.82, 2.24) is 10.2 Å². The first-order valence-electron chi connectivity index (χ1n) is 4.90. The number of aliphatic hydroxyl groups excluding tert-OH is 1. The highest BCUT2D eigenvalue weighted by molar-refractivity contribution is 4.90. The van der Waals surface area contributed by atoms with Crippen molar-refractivity contribution in [1.29, 1.82) is 0 Å². The number of hydrogen-bond acceptors (Lipinski definition) is 3. The number of aliphatic hydroxyl groups is 1. The molecule has 0 aromatic heterocycles. The molecule has 0 aromatic rings. The Hall–Kier alpha value is -0.120. The summed E-state index contributed by atoms with van der Waals surface area (Å²) in [5, 5.41) is 12.7. The largest absolute Gasteiger partial charge is 0.393 e. The van der Waals surface area contributed by atoms with Gasteiger partial charge in [-0.15, -0.1) is 0 Å². The highest BCUT2D eigenvalue weighted by atomic mass is 16.3. The predicted molar refractivity (Wildman–Crippen MR) is 48.0 cm³/mol. The first-order valence-corrected chi connectivity index (χ1v) is 4.90. The summed E-state index contributed by atoms with van der Waals surface area (Å²) in [5.41, 5.74) is 0. The summed E-state index contributed by atoms with van der Waals surface area (Å²) < 4.78 is 0. The van der Waals surface area contributed by atoms with Gasteiger partial charge in [0.2, 0.25) is 0 Å². The summed E-state index contributed by atoms with van der Waals surface area (Å²) in [6.45, 7) is 6.48. The molecule has 0 amide bonds. The van der Waals surface area contributed by atoms with Crippen LogP contribution in [0.4, 0.5) is 0 Å². The molecule has 2 N–H and O–H groups in total. The molecule has 0 radical (unpaired) electrons. The van der Waals surface area contributed by atoms with Crippen LogP contribution in [-0.2, 0) is 0 Å². The third-order valence-corrected chi connectivity index (χ3v) is 3.21. The summed E-state index contributed by atoms with van der Waals surface area (Å²) in [6, 6.07) is 0.758. The van der Waals surface area contributed by atoms with Crippen LogP contribution in [0.3, 0.4) is 0 Å². The van der Waals surface area contributed by atoms with Gasteiger partial charge in [-0.1, -0.05) is 0 Å². The summed E-state index contributed by atoms with van der Waals surface area (Å²) in [6.07, 6.45) is 1.05. The van der Waals surface area contributed by atoms with Gasteiger partial charge >= 0.3 is 0 Å². The monoisotopic (exact) mass is 170 g/mol. The number of rotatable bonds is 2. The normalized spacial score (nSPS) is 35.0. The zero-order chi connectivity index (χ0) is 8.55. The van der Waals surface area contributed by atoms with E-state index in [0.29, 0.717) is 5.92 Å². The summed E-state index contributed by atoms with van der Waals surface area (Å²) in [5.74, 6) is 0.519. The molecular weight excluding hydrogens is 152 g/mol. The molecule has 0 saturated carbocycles. The van der Waals surface area contributed by atoms with E-state index >= 15 is 0 Å². The zero-order valence-electron chi connectivity index (χ0n) is 7.66. The fourth-order valence-electron chi connectivity index (χ4n) is 2.07. The quantitative estimate of drug-likeness (QED) is 0.595. The van der Waals surface area contributed by atoms with Gasteiger partial charge in [-0.2, -0.15) is 0 Å². The molecule has 2 fully saturated rings. The van der Waals surface area contributed by atoms with Crippen molar-refractivity contribution in [3.8, 4) is 0 Å². The van der Waals surface area contributed by atoms with Crippen LogP contribution < -0.4 is 5.32 Å². The average molecular weight is 170 g/mol. The lowest BCUT2D eigenvalue weighted by Crippen LogP contribution is -2.56. The fourth-order valence-corrected chi connectivity index (χ4v) is 2.07. The van der Waals surface area contributed by atoms with Crippen LogP contribution in [0.2, 0.25) is 0 Å². The van der Waals surface area contributed by atoms with E-state index in [0.717, 1.165) is 25.7 Å². The maximum Gasteiger partial charge on any atom is 0.0552 e. The van der Waals surface area contributed by atoms with Gasteiger partial charge in [0.25, 0.3) is 0 Å². The minimum atomic E-state index is -0.122. The van der Waals surface area contributed by atoms with Crippen LogP contribution in [0.15, 0.2) is 0 Å². The Morgan fingerprint density at radius 2 is 2.25 bits per heavy atom. The summed E-state index contributed by atoms with van der Waals surface area (Å²) in [4.78, 5) is 2.51. The maximum atomic E-state index is 9.40. The molecule has 2 saturated heterocycles. The first-order chi connectivity index (χ1) is 5.77. The number of likely N-dealkylation sites (tertiary alicyclic amines) is 1. The molecule has 2 heterocycles. The zero-order valence-corrected chi connectivity index (χ0v) is 7.66. The van der Waals surface area contributed by atoms with E-state index in [4.69, 9.17) is 0 Å². The van der Waals surface area contributed by atoms with Gasteiger partial charge in [-0.05, 0) is 25.8 Å².